The molecule has 0 aliphatic rings. The van der Waals surface area contributed by atoms with Gasteiger partial charge in [0.2, 0.25) is 0 Å². The summed E-state index contributed by atoms with van der Waals surface area (Å²) in [7, 11) is 0. The summed E-state index contributed by atoms with van der Waals surface area (Å²) in [6.07, 6.45) is -0.0885. The first-order chi connectivity index (χ1) is 9.02. The molecule has 0 N–H and O–H groups in total. The SMILES string of the molecule is O=CCC(=O)OCC(=O)Oc1ccc([N+](=O)[O-])cc1. The van der Waals surface area contributed by atoms with E-state index in [-0.39, 0.29) is 11.4 Å². The van der Waals surface area contributed by atoms with Gasteiger partial charge in [-0.2, -0.15) is 0 Å². The van der Waals surface area contributed by atoms with Crippen molar-refractivity contribution in [1.29, 1.82) is 0 Å². The first-order valence-corrected chi connectivity index (χ1v) is 5.07. The van der Waals surface area contributed by atoms with E-state index in [0.717, 1.165) is 0 Å². The normalized spacial score (nSPS) is 9.47. The highest BCUT2D eigenvalue weighted by molar-refractivity contribution is 5.85. The molecule has 0 heterocycles. The predicted molar refractivity (Wildman–Crippen MR) is 60.4 cm³/mol. The van der Waals surface area contributed by atoms with Crippen LogP contribution in [-0.2, 0) is 19.1 Å². The van der Waals surface area contributed by atoms with Crippen molar-refractivity contribution >= 4 is 23.9 Å². The lowest BCUT2D eigenvalue weighted by Crippen LogP contribution is -2.18. The highest BCUT2D eigenvalue weighted by Crippen LogP contribution is 2.17. The molecule has 1 rings (SSSR count). The fourth-order valence-electron chi connectivity index (χ4n) is 1.06. The van der Waals surface area contributed by atoms with Crippen molar-refractivity contribution in [2.75, 3.05) is 6.61 Å². The molecule has 0 saturated carbocycles. The van der Waals surface area contributed by atoms with Crippen LogP contribution in [-0.4, -0.2) is 29.8 Å². The summed E-state index contributed by atoms with van der Waals surface area (Å²) in [5.74, 6) is -1.61. The maximum Gasteiger partial charge on any atom is 0.349 e. The van der Waals surface area contributed by atoms with Crippen LogP contribution >= 0.6 is 0 Å². The Kier molecular flexibility index (Phi) is 5.15. The van der Waals surface area contributed by atoms with Gasteiger partial charge in [-0.3, -0.25) is 14.9 Å². The predicted octanol–water partition coefficient (Wildman–Crippen LogP) is 0.632. The maximum absolute atomic E-state index is 11.2. The lowest BCUT2D eigenvalue weighted by atomic mass is 10.3. The molecular weight excluding hydrogens is 258 g/mol. The summed E-state index contributed by atoms with van der Waals surface area (Å²) >= 11 is 0. The van der Waals surface area contributed by atoms with Gasteiger partial charge in [-0.05, 0) is 12.1 Å². The molecular formula is C11H9NO7. The first kappa shape index (κ1) is 14.3. The molecule has 8 heteroatoms. The molecule has 1 aromatic carbocycles. The summed E-state index contributed by atoms with van der Waals surface area (Å²) in [6, 6.07) is 4.81. The third-order valence-electron chi connectivity index (χ3n) is 1.88. The molecule has 0 bridgehead atoms. The number of ether oxygens (including phenoxy) is 2. The van der Waals surface area contributed by atoms with Crippen molar-refractivity contribution in [1.82, 2.24) is 0 Å². The summed E-state index contributed by atoms with van der Waals surface area (Å²) in [5, 5.41) is 10.4. The molecule has 0 saturated heterocycles. The molecule has 0 amide bonds. The Bertz CT molecular complexity index is 494. The molecule has 1 aromatic rings. The third kappa shape index (κ3) is 4.94. The van der Waals surface area contributed by atoms with Gasteiger partial charge in [-0.25, -0.2) is 4.79 Å². The second-order valence-electron chi connectivity index (χ2n) is 3.26. The van der Waals surface area contributed by atoms with Crippen molar-refractivity contribution in [2.24, 2.45) is 0 Å². The molecule has 8 nitrogen and oxygen atoms in total. The van der Waals surface area contributed by atoms with Gasteiger partial charge in [-0.15, -0.1) is 0 Å². The first-order valence-electron chi connectivity index (χ1n) is 5.07. The number of nitro benzene ring substituents is 1. The Balaban J connectivity index is 2.46. The standard InChI is InChI=1S/C11H9NO7/c13-6-5-10(14)18-7-11(15)19-9-3-1-8(2-4-9)12(16)17/h1-4,6H,5,7H2. The van der Waals surface area contributed by atoms with Gasteiger partial charge in [0.15, 0.2) is 6.61 Å². The summed E-state index contributed by atoms with van der Waals surface area (Å²) in [5.41, 5.74) is -0.141. The third-order valence-corrected chi connectivity index (χ3v) is 1.88. The number of rotatable bonds is 6. The number of aldehydes is 1. The zero-order chi connectivity index (χ0) is 14.3. The number of hydrogen-bond acceptors (Lipinski definition) is 7. The Hall–Kier alpha value is -2.77. The van der Waals surface area contributed by atoms with Gasteiger partial charge in [-0.1, -0.05) is 0 Å². The molecule has 100 valence electrons. The maximum atomic E-state index is 11.2. The van der Waals surface area contributed by atoms with Crippen LogP contribution in [0.15, 0.2) is 24.3 Å². The topological polar surface area (TPSA) is 113 Å². The van der Waals surface area contributed by atoms with E-state index >= 15 is 0 Å². The van der Waals surface area contributed by atoms with Gasteiger partial charge >= 0.3 is 11.9 Å². The number of benzene rings is 1. The number of carbonyl (C=O) groups excluding carboxylic acids is 3. The number of nitro groups is 1. The molecule has 0 aliphatic carbocycles. The zero-order valence-corrected chi connectivity index (χ0v) is 9.61. The summed E-state index contributed by atoms with van der Waals surface area (Å²) < 4.78 is 9.18. The van der Waals surface area contributed by atoms with Crippen LogP contribution in [0, 0.1) is 10.1 Å². The Morgan fingerprint density at radius 1 is 1.21 bits per heavy atom. The number of nitrogens with zero attached hydrogens (tertiary/aromatic N) is 1. The molecule has 0 spiro atoms. The fraction of sp³-hybridized carbons (Fsp3) is 0.182. The van der Waals surface area contributed by atoms with Gasteiger partial charge in [0.1, 0.15) is 18.5 Å². The average molecular weight is 267 g/mol. The Morgan fingerprint density at radius 2 is 1.84 bits per heavy atom. The smallest absolute Gasteiger partial charge is 0.349 e. The van der Waals surface area contributed by atoms with Gasteiger partial charge in [0.25, 0.3) is 5.69 Å². The van der Waals surface area contributed by atoms with E-state index in [4.69, 9.17) is 4.74 Å². The summed E-state index contributed by atoms with van der Waals surface area (Å²) in [6.45, 7) is -0.635. The molecule has 0 fully saturated rings. The van der Waals surface area contributed by atoms with Crippen LogP contribution in [0.25, 0.3) is 0 Å². The number of hydrogen-bond donors (Lipinski definition) is 0. The van der Waals surface area contributed by atoms with E-state index in [1.807, 2.05) is 0 Å². The highest BCUT2D eigenvalue weighted by Gasteiger charge is 2.10. The zero-order valence-electron chi connectivity index (χ0n) is 9.61. The van der Waals surface area contributed by atoms with Crippen LogP contribution in [0.3, 0.4) is 0 Å². The van der Waals surface area contributed by atoms with E-state index in [1.54, 1.807) is 0 Å². The molecule has 0 aromatic heterocycles. The van der Waals surface area contributed by atoms with E-state index in [0.29, 0.717) is 6.29 Å². The molecule has 0 aliphatic heterocycles. The molecule has 0 radical (unpaired) electrons. The van der Waals surface area contributed by atoms with Crippen LogP contribution < -0.4 is 4.74 Å². The van der Waals surface area contributed by atoms with Crippen LogP contribution in [0.2, 0.25) is 0 Å². The summed E-state index contributed by atoms with van der Waals surface area (Å²) in [4.78, 5) is 41.8. The van der Waals surface area contributed by atoms with E-state index < -0.39 is 29.9 Å². The highest BCUT2D eigenvalue weighted by atomic mass is 16.6. The fourth-order valence-corrected chi connectivity index (χ4v) is 1.06. The van der Waals surface area contributed by atoms with E-state index in [9.17, 15) is 24.5 Å². The van der Waals surface area contributed by atoms with Gasteiger partial charge in [0, 0.05) is 12.1 Å². The second-order valence-corrected chi connectivity index (χ2v) is 3.26. The number of carbonyl (C=O) groups is 3. The van der Waals surface area contributed by atoms with Gasteiger partial charge < -0.3 is 14.3 Å². The van der Waals surface area contributed by atoms with Crippen LogP contribution in [0.1, 0.15) is 6.42 Å². The Labute approximate surface area is 107 Å². The number of esters is 2. The minimum absolute atomic E-state index is 0.0852. The van der Waals surface area contributed by atoms with E-state index in [2.05, 4.69) is 4.74 Å². The average Bonchev–Trinajstić information content (AvgIpc) is 2.37. The Morgan fingerprint density at radius 3 is 2.37 bits per heavy atom. The molecule has 0 unspecified atom stereocenters. The van der Waals surface area contributed by atoms with Gasteiger partial charge in [0.05, 0.1) is 4.92 Å². The van der Waals surface area contributed by atoms with Crippen molar-refractivity contribution < 1.29 is 28.8 Å². The molecule has 0 atom stereocenters. The lowest BCUT2D eigenvalue weighted by molar-refractivity contribution is -0.384. The van der Waals surface area contributed by atoms with Crippen molar-refractivity contribution in [2.45, 2.75) is 6.42 Å². The molecule has 19 heavy (non-hydrogen) atoms. The second kappa shape index (κ2) is 6.84. The number of non-ortho nitro benzene ring substituents is 1. The monoisotopic (exact) mass is 267 g/mol. The van der Waals surface area contributed by atoms with Crippen molar-refractivity contribution in [3.63, 3.8) is 0 Å². The minimum atomic E-state index is -0.854. The quantitative estimate of drug-likeness (QED) is 0.185. The van der Waals surface area contributed by atoms with Crippen LogP contribution in [0.5, 0.6) is 5.75 Å². The van der Waals surface area contributed by atoms with Crippen molar-refractivity contribution in [3.8, 4) is 5.75 Å². The van der Waals surface area contributed by atoms with E-state index in [1.165, 1.54) is 24.3 Å². The lowest BCUT2D eigenvalue weighted by Gasteiger charge is -2.04. The largest absolute Gasteiger partial charge is 0.453 e. The van der Waals surface area contributed by atoms with Crippen LogP contribution in [0.4, 0.5) is 5.69 Å². The van der Waals surface area contributed by atoms with Crippen molar-refractivity contribution in [3.05, 3.63) is 34.4 Å². The minimum Gasteiger partial charge on any atom is -0.453 e.